The highest BCUT2D eigenvalue weighted by Gasteiger charge is 2.45. The molecule has 1 aliphatic carbocycles. The van der Waals surface area contributed by atoms with Gasteiger partial charge in [0.25, 0.3) is 0 Å². The van der Waals surface area contributed by atoms with Crippen molar-refractivity contribution in [1.29, 1.82) is 0 Å². The van der Waals surface area contributed by atoms with E-state index in [0.29, 0.717) is 11.5 Å². The van der Waals surface area contributed by atoms with Gasteiger partial charge in [-0.3, -0.25) is 0 Å². The van der Waals surface area contributed by atoms with Crippen LogP contribution in [0.3, 0.4) is 0 Å². The van der Waals surface area contributed by atoms with Crippen molar-refractivity contribution in [3.63, 3.8) is 0 Å². The van der Waals surface area contributed by atoms with Gasteiger partial charge in [0.05, 0.1) is 15.2 Å². The summed E-state index contributed by atoms with van der Waals surface area (Å²) < 4.78 is 39.2. The molecule has 7 rings (SSSR count). The normalized spacial score (nSPS) is 13.7. The molecule has 0 unspecified atom stereocenters. The van der Waals surface area contributed by atoms with Crippen LogP contribution in [-0.4, -0.2) is 14.0 Å². The predicted molar refractivity (Wildman–Crippen MR) is 201 cm³/mol. The van der Waals surface area contributed by atoms with Gasteiger partial charge in [-0.2, -0.15) is 0 Å². The molecule has 0 aliphatic heterocycles. The Morgan fingerprint density at radius 1 is 0.480 bits per heavy atom. The van der Waals surface area contributed by atoms with Crippen LogP contribution in [0.15, 0.2) is 155 Å². The lowest BCUT2D eigenvalue weighted by atomic mass is 9.68. The lowest BCUT2D eigenvalue weighted by Gasteiger charge is -2.34. The maximum atomic E-state index is 13.4. The molecule has 1 aliphatic rings. The van der Waals surface area contributed by atoms with Crippen LogP contribution in [0.4, 0.5) is 0 Å². The van der Waals surface area contributed by atoms with E-state index in [-0.39, 0.29) is 20.8 Å². The van der Waals surface area contributed by atoms with Crippen LogP contribution < -0.4 is 9.47 Å². The number of benzene rings is 6. The van der Waals surface area contributed by atoms with Gasteiger partial charge in [0.2, 0.25) is 9.84 Å². The van der Waals surface area contributed by atoms with Gasteiger partial charge in [-0.1, -0.05) is 106 Å². The number of rotatable bonds is 7. The fourth-order valence-electron chi connectivity index (χ4n) is 7.02. The van der Waals surface area contributed by atoms with Gasteiger partial charge in [0.15, 0.2) is 0 Å². The van der Waals surface area contributed by atoms with E-state index in [1.54, 1.807) is 36.4 Å². The minimum Gasteiger partial charge on any atom is -0.488 e. The second-order valence-corrected chi connectivity index (χ2v) is 16.9. The molecule has 4 nitrogen and oxygen atoms in total. The van der Waals surface area contributed by atoms with Crippen molar-refractivity contribution in [2.45, 2.75) is 67.8 Å². The highest BCUT2D eigenvalue weighted by atomic mass is 32.2. The molecule has 252 valence electrons. The summed E-state index contributed by atoms with van der Waals surface area (Å²) in [4.78, 5) is 0.498. The van der Waals surface area contributed by atoms with Gasteiger partial charge in [-0.15, -0.1) is 0 Å². The Morgan fingerprint density at radius 2 is 0.880 bits per heavy atom. The Morgan fingerprint density at radius 3 is 1.32 bits per heavy atom. The van der Waals surface area contributed by atoms with Crippen molar-refractivity contribution in [3.05, 3.63) is 173 Å². The Kier molecular flexibility index (Phi) is 8.23. The Balaban J connectivity index is 1.21. The smallest absolute Gasteiger partial charge is 0.206 e. The number of hydrogen-bond donors (Lipinski definition) is 0. The van der Waals surface area contributed by atoms with Gasteiger partial charge < -0.3 is 9.47 Å². The van der Waals surface area contributed by atoms with Crippen LogP contribution in [0, 0.1) is 0 Å². The summed E-state index contributed by atoms with van der Waals surface area (Å²) >= 11 is 0. The third-order valence-electron chi connectivity index (χ3n) is 9.35. The molecule has 0 fully saturated rings. The van der Waals surface area contributed by atoms with Crippen molar-refractivity contribution >= 4 is 9.84 Å². The zero-order valence-electron chi connectivity index (χ0n) is 29.4. The van der Waals surface area contributed by atoms with E-state index in [1.165, 1.54) is 22.3 Å². The van der Waals surface area contributed by atoms with Crippen molar-refractivity contribution in [2.24, 2.45) is 0 Å². The highest BCUT2D eigenvalue weighted by molar-refractivity contribution is 7.91. The quantitative estimate of drug-likeness (QED) is 0.168. The van der Waals surface area contributed by atoms with Crippen LogP contribution in [0.1, 0.15) is 69.4 Å². The van der Waals surface area contributed by atoms with Crippen LogP contribution >= 0.6 is 0 Å². The van der Waals surface area contributed by atoms with Crippen molar-refractivity contribution in [2.75, 3.05) is 0 Å². The summed E-state index contributed by atoms with van der Waals surface area (Å²) in [5, 5.41) is 0. The minimum absolute atomic E-state index is 0.0564. The Hall–Kier alpha value is -5.13. The fraction of sp³-hybridized carbons (Fsp3) is 0.200. The van der Waals surface area contributed by atoms with E-state index in [0.717, 1.165) is 22.4 Å². The summed E-state index contributed by atoms with van der Waals surface area (Å²) in [6, 6.07) is 47.8. The van der Waals surface area contributed by atoms with E-state index in [4.69, 9.17) is 9.47 Å². The van der Waals surface area contributed by atoms with E-state index in [9.17, 15) is 8.42 Å². The van der Waals surface area contributed by atoms with Crippen LogP contribution in [0.5, 0.6) is 17.2 Å². The SMILES string of the molecule is CC(C)(C)Oc1ccc(C2(c3ccc(Oc4ccc(S(=O)(=O)c5ccc(C(C)(C)C)cc5)cc4)cc3)c3ccccc3-c3ccccc32)cc1. The largest absolute Gasteiger partial charge is 0.488 e. The molecular weight excluding hydrogens is 637 g/mol. The van der Waals surface area contributed by atoms with Gasteiger partial charge in [0, 0.05) is 0 Å². The monoisotopic (exact) mass is 678 g/mol. The first kappa shape index (κ1) is 33.4. The third-order valence-corrected chi connectivity index (χ3v) is 11.1. The molecule has 0 saturated heterocycles. The molecule has 0 radical (unpaired) electrons. The average molecular weight is 679 g/mol. The molecule has 0 N–H and O–H groups in total. The summed E-state index contributed by atoms with van der Waals surface area (Å²) in [6.07, 6.45) is 0. The van der Waals surface area contributed by atoms with Gasteiger partial charge in [0.1, 0.15) is 22.8 Å². The molecule has 0 saturated carbocycles. The summed E-state index contributed by atoms with van der Waals surface area (Å²) in [5.41, 5.74) is 7.34. The zero-order chi connectivity index (χ0) is 35.3. The standard InChI is InChI=1S/C45H42O4S/c1-43(2,3)31-19-27-37(28-20-31)50(46,47)38-29-25-35(26-30-38)48-34-21-15-32(16-22-34)45(33-17-23-36(24-18-33)49-44(4,5)6)41-13-9-7-11-39(41)40-12-8-10-14-42(40)45/h7-30H,1-6H3. The van der Waals surface area contributed by atoms with Crippen LogP contribution in [-0.2, 0) is 20.7 Å². The molecule has 0 bridgehead atoms. The molecule has 0 amide bonds. The highest BCUT2D eigenvalue weighted by Crippen LogP contribution is 2.56. The predicted octanol–water partition coefficient (Wildman–Crippen LogP) is 11.1. The second kappa shape index (κ2) is 12.3. The lowest BCUT2D eigenvalue weighted by Crippen LogP contribution is -2.28. The van der Waals surface area contributed by atoms with Gasteiger partial charge in [-0.25, -0.2) is 8.42 Å². The Bertz CT molecular complexity index is 2210. The number of fused-ring (bicyclic) bond motifs is 3. The molecular formula is C45H42O4S. The van der Waals surface area contributed by atoms with E-state index >= 15 is 0 Å². The maximum absolute atomic E-state index is 13.4. The van der Waals surface area contributed by atoms with Crippen molar-refractivity contribution in [3.8, 4) is 28.4 Å². The molecule has 0 heterocycles. The van der Waals surface area contributed by atoms with Crippen LogP contribution in [0.2, 0.25) is 0 Å². The first-order valence-corrected chi connectivity index (χ1v) is 18.5. The molecule has 50 heavy (non-hydrogen) atoms. The molecule has 0 spiro atoms. The molecule has 5 heteroatoms. The van der Waals surface area contributed by atoms with Crippen molar-refractivity contribution in [1.82, 2.24) is 0 Å². The average Bonchev–Trinajstić information content (AvgIpc) is 3.39. The zero-order valence-corrected chi connectivity index (χ0v) is 30.2. The van der Waals surface area contributed by atoms with E-state index in [2.05, 4.69) is 126 Å². The first-order chi connectivity index (χ1) is 23.8. The second-order valence-electron chi connectivity index (χ2n) is 15.0. The molecule has 0 aromatic heterocycles. The van der Waals surface area contributed by atoms with E-state index in [1.807, 2.05) is 24.3 Å². The van der Waals surface area contributed by atoms with E-state index < -0.39 is 15.3 Å². The summed E-state index contributed by atoms with van der Waals surface area (Å²) in [5.74, 6) is 2.04. The first-order valence-electron chi connectivity index (χ1n) is 17.0. The summed E-state index contributed by atoms with van der Waals surface area (Å²) in [6.45, 7) is 12.5. The number of sulfone groups is 1. The van der Waals surface area contributed by atoms with Gasteiger partial charge >= 0.3 is 0 Å². The Labute approximate surface area is 296 Å². The molecule has 6 aromatic rings. The minimum atomic E-state index is -3.66. The summed E-state index contributed by atoms with van der Waals surface area (Å²) in [7, 11) is -3.66. The van der Waals surface area contributed by atoms with Crippen LogP contribution in [0.25, 0.3) is 11.1 Å². The third kappa shape index (κ3) is 6.01. The molecule has 6 aromatic carbocycles. The number of hydrogen-bond acceptors (Lipinski definition) is 4. The maximum Gasteiger partial charge on any atom is 0.206 e. The fourth-order valence-corrected chi connectivity index (χ4v) is 8.28. The number of ether oxygens (including phenoxy) is 2. The lowest BCUT2D eigenvalue weighted by molar-refractivity contribution is 0.131. The van der Waals surface area contributed by atoms with Crippen molar-refractivity contribution < 1.29 is 17.9 Å². The molecule has 0 atom stereocenters. The van der Waals surface area contributed by atoms with Gasteiger partial charge in [-0.05, 0) is 126 Å². The topological polar surface area (TPSA) is 52.6 Å².